The van der Waals surface area contributed by atoms with Crippen LogP contribution < -0.4 is 0 Å². The second kappa shape index (κ2) is 8.55. The van der Waals surface area contributed by atoms with Gasteiger partial charge in [0, 0.05) is 0 Å². The van der Waals surface area contributed by atoms with Crippen molar-refractivity contribution in [1.82, 2.24) is 0 Å². The third-order valence-corrected chi connectivity index (χ3v) is 2.53. The lowest BCUT2D eigenvalue weighted by Crippen LogP contribution is -2.05. The summed E-state index contributed by atoms with van der Waals surface area (Å²) in [4.78, 5) is 0. The quantitative estimate of drug-likeness (QED) is 0.505. The van der Waals surface area contributed by atoms with Crippen molar-refractivity contribution in [3.63, 3.8) is 0 Å². The molecule has 0 spiro atoms. The first-order valence-electron chi connectivity index (χ1n) is 5.82. The average molecular weight is 185 g/mol. The highest BCUT2D eigenvalue weighted by molar-refractivity contribution is 4.57. The van der Waals surface area contributed by atoms with Gasteiger partial charge in [-0.05, 0) is 19.3 Å². The first kappa shape index (κ1) is 13.0. The van der Waals surface area contributed by atoms with E-state index in [0.717, 1.165) is 6.42 Å². The molecular formula is C12H25O. The molecule has 2 unspecified atom stereocenters. The molecule has 0 rings (SSSR count). The molecule has 0 heterocycles. The van der Waals surface area contributed by atoms with Crippen molar-refractivity contribution in [3.8, 4) is 0 Å². The summed E-state index contributed by atoms with van der Waals surface area (Å²) >= 11 is 0. The Kier molecular flexibility index (Phi) is 8.53. The average Bonchev–Trinajstić information content (AvgIpc) is 2.02. The van der Waals surface area contributed by atoms with E-state index >= 15 is 0 Å². The van der Waals surface area contributed by atoms with Crippen LogP contribution in [0.4, 0.5) is 0 Å². The Morgan fingerprint density at radius 3 is 2.15 bits per heavy atom. The summed E-state index contributed by atoms with van der Waals surface area (Å²) in [5.41, 5.74) is 0. The fourth-order valence-corrected chi connectivity index (χ4v) is 1.78. The van der Waals surface area contributed by atoms with E-state index < -0.39 is 0 Å². The van der Waals surface area contributed by atoms with Crippen LogP contribution in [0.5, 0.6) is 0 Å². The molecule has 1 heteroatoms. The summed E-state index contributed by atoms with van der Waals surface area (Å²) in [6.07, 6.45) is 8.45. The summed E-state index contributed by atoms with van der Waals surface area (Å²) in [6.45, 7) is 6.21. The van der Waals surface area contributed by atoms with E-state index in [9.17, 15) is 5.11 Å². The van der Waals surface area contributed by atoms with Gasteiger partial charge in [-0.15, -0.1) is 0 Å². The standard InChI is InChI=1S/C12H25O/c1-4-5-6-7-8-9-11(2)10-12(3)13/h11-12H,4-10H2,1-3H3. The third kappa shape index (κ3) is 9.88. The highest BCUT2D eigenvalue weighted by Crippen LogP contribution is 2.15. The summed E-state index contributed by atoms with van der Waals surface area (Å²) in [6, 6.07) is 0. The van der Waals surface area contributed by atoms with Crippen LogP contribution in [0.15, 0.2) is 0 Å². The van der Waals surface area contributed by atoms with Gasteiger partial charge in [0.2, 0.25) is 0 Å². The molecule has 2 atom stereocenters. The highest BCUT2D eigenvalue weighted by atomic mass is 16.3. The molecule has 79 valence electrons. The summed E-state index contributed by atoms with van der Waals surface area (Å²) in [5, 5.41) is 10.9. The van der Waals surface area contributed by atoms with Crippen molar-refractivity contribution in [2.45, 2.75) is 71.8 Å². The van der Waals surface area contributed by atoms with Gasteiger partial charge >= 0.3 is 0 Å². The minimum atomic E-state index is -0.370. The van der Waals surface area contributed by atoms with E-state index in [1.807, 2.05) is 0 Å². The fourth-order valence-electron chi connectivity index (χ4n) is 1.78. The van der Waals surface area contributed by atoms with Crippen LogP contribution in [-0.4, -0.2) is 6.10 Å². The van der Waals surface area contributed by atoms with Crippen LogP contribution in [0, 0.1) is 5.92 Å². The van der Waals surface area contributed by atoms with Crippen LogP contribution >= 0.6 is 0 Å². The zero-order valence-electron chi connectivity index (χ0n) is 9.51. The van der Waals surface area contributed by atoms with Gasteiger partial charge in [0.15, 0.2) is 0 Å². The van der Waals surface area contributed by atoms with Crippen molar-refractivity contribution in [3.05, 3.63) is 0 Å². The minimum absolute atomic E-state index is 0.370. The third-order valence-electron chi connectivity index (χ3n) is 2.53. The van der Waals surface area contributed by atoms with Crippen LogP contribution in [0.1, 0.15) is 65.7 Å². The van der Waals surface area contributed by atoms with E-state index in [1.54, 1.807) is 6.92 Å². The SMILES string of the molecule is CCCCCCCC(C)CC(C)[O]. The zero-order chi connectivity index (χ0) is 10.1. The Balaban J connectivity index is 3.12. The number of hydrogen-bond acceptors (Lipinski definition) is 0. The first-order chi connectivity index (χ1) is 6.16. The second-order valence-corrected chi connectivity index (χ2v) is 4.35. The smallest absolute Gasteiger partial charge is 0.0904 e. The van der Waals surface area contributed by atoms with Crippen molar-refractivity contribution in [2.75, 3.05) is 0 Å². The molecule has 0 saturated carbocycles. The predicted molar refractivity (Wildman–Crippen MR) is 57.3 cm³/mol. The van der Waals surface area contributed by atoms with E-state index in [1.165, 1.54) is 38.5 Å². The Morgan fingerprint density at radius 2 is 1.62 bits per heavy atom. The zero-order valence-corrected chi connectivity index (χ0v) is 9.51. The maximum absolute atomic E-state index is 10.9. The molecule has 0 fully saturated rings. The molecule has 0 aliphatic carbocycles. The largest absolute Gasteiger partial charge is 0.233 e. The molecule has 0 amide bonds. The van der Waals surface area contributed by atoms with E-state index in [4.69, 9.17) is 0 Å². The molecule has 0 saturated heterocycles. The molecule has 0 aromatic heterocycles. The number of hydrogen-bond donors (Lipinski definition) is 0. The maximum atomic E-state index is 10.9. The monoisotopic (exact) mass is 185 g/mol. The second-order valence-electron chi connectivity index (χ2n) is 4.35. The lowest BCUT2D eigenvalue weighted by atomic mass is 9.97. The number of unbranched alkanes of at least 4 members (excludes halogenated alkanes) is 4. The van der Waals surface area contributed by atoms with Gasteiger partial charge in [-0.1, -0.05) is 52.4 Å². The molecule has 1 radical (unpaired) electrons. The van der Waals surface area contributed by atoms with Crippen molar-refractivity contribution < 1.29 is 5.11 Å². The first-order valence-corrected chi connectivity index (χ1v) is 5.82. The molecular weight excluding hydrogens is 160 g/mol. The van der Waals surface area contributed by atoms with E-state index in [-0.39, 0.29) is 6.10 Å². The Bertz CT molecular complexity index is 99.3. The molecule has 13 heavy (non-hydrogen) atoms. The molecule has 0 aliphatic heterocycles. The van der Waals surface area contributed by atoms with E-state index in [2.05, 4.69) is 13.8 Å². The van der Waals surface area contributed by atoms with E-state index in [0.29, 0.717) is 5.92 Å². The molecule has 1 nitrogen and oxygen atoms in total. The summed E-state index contributed by atoms with van der Waals surface area (Å²) < 4.78 is 0. The highest BCUT2D eigenvalue weighted by Gasteiger charge is 2.06. The van der Waals surface area contributed by atoms with Gasteiger partial charge in [0.05, 0.1) is 6.10 Å². The Morgan fingerprint density at radius 1 is 1.00 bits per heavy atom. The van der Waals surface area contributed by atoms with Crippen LogP contribution in [0.2, 0.25) is 0 Å². The Labute approximate surface area is 83.5 Å². The number of rotatable bonds is 8. The van der Waals surface area contributed by atoms with Gasteiger partial charge in [0.25, 0.3) is 0 Å². The molecule has 0 aliphatic rings. The minimum Gasteiger partial charge on any atom is -0.233 e. The van der Waals surface area contributed by atoms with Gasteiger partial charge in [0.1, 0.15) is 0 Å². The normalized spacial score (nSPS) is 15.7. The molecule has 0 aromatic rings. The van der Waals surface area contributed by atoms with Crippen molar-refractivity contribution >= 4 is 0 Å². The fraction of sp³-hybridized carbons (Fsp3) is 1.00. The van der Waals surface area contributed by atoms with Gasteiger partial charge in [-0.2, -0.15) is 0 Å². The lowest BCUT2D eigenvalue weighted by Gasteiger charge is -2.11. The van der Waals surface area contributed by atoms with Gasteiger partial charge in [-0.25, -0.2) is 5.11 Å². The topological polar surface area (TPSA) is 19.9 Å². The maximum Gasteiger partial charge on any atom is 0.0904 e. The molecule has 0 aromatic carbocycles. The summed E-state index contributed by atoms with van der Waals surface area (Å²) in [7, 11) is 0. The van der Waals surface area contributed by atoms with Crippen LogP contribution in [0.3, 0.4) is 0 Å². The van der Waals surface area contributed by atoms with Gasteiger partial charge < -0.3 is 0 Å². The van der Waals surface area contributed by atoms with Crippen LogP contribution in [0.25, 0.3) is 0 Å². The summed E-state index contributed by atoms with van der Waals surface area (Å²) in [5.74, 6) is 0.633. The molecule has 0 bridgehead atoms. The van der Waals surface area contributed by atoms with Gasteiger partial charge in [-0.3, -0.25) is 0 Å². The van der Waals surface area contributed by atoms with Crippen molar-refractivity contribution in [1.29, 1.82) is 0 Å². The Hall–Kier alpha value is -0.0400. The predicted octanol–water partition coefficient (Wildman–Crippen LogP) is 4.19. The molecule has 0 N–H and O–H groups in total. The lowest BCUT2D eigenvalue weighted by molar-refractivity contribution is 0.0823. The van der Waals surface area contributed by atoms with Crippen molar-refractivity contribution in [2.24, 2.45) is 5.92 Å². The van der Waals surface area contributed by atoms with Crippen LogP contribution in [-0.2, 0) is 5.11 Å².